The summed E-state index contributed by atoms with van der Waals surface area (Å²) in [5, 5.41) is 19.5. The Morgan fingerprint density at radius 1 is 1.38 bits per heavy atom. The lowest BCUT2D eigenvalue weighted by molar-refractivity contribution is 0.0945. The van der Waals surface area contributed by atoms with E-state index in [9.17, 15) is 4.79 Å². The molecule has 0 radical (unpaired) electrons. The Hall–Kier alpha value is -2.34. The number of amides is 1. The summed E-state index contributed by atoms with van der Waals surface area (Å²) in [6.45, 7) is 9.30. The monoisotopic (exact) mass is 330 g/mol. The molecule has 0 aliphatic rings. The van der Waals surface area contributed by atoms with Crippen LogP contribution in [-0.4, -0.2) is 33.9 Å². The smallest absolute Gasteiger partial charge is 0.251 e. The summed E-state index contributed by atoms with van der Waals surface area (Å²) in [6, 6.07) is 7.44. The first-order chi connectivity index (χ1) is 11.5. The van der Waals surface area contributed by atoms with E-state index in [0.717, 1.165) is 23.6 Å². The number of aliphatic hydroxyl groups is 1. The average molecular weight is 330 g/mol. The summed E-state index contributed by atoms with van der Waals surface area (Å²) in [6.07, 6.45) is 0. The van der Waals surface area contributed by atoms with E-state index in [1.165, 1.54) is 5.56 Å². The number of rotatable bonds is 7. The van der Waals surface area contributed by atoms with Gasteiger partial charge in [-0.25, -0.2) is 0 Å². The number of nitrogens with zero attached hydrogens (tertiary/aromatic N) is 2. The van der Waals surface area contributed by atoms with Crippen LogP contribution in [0.4, 0.5) is 5.69 Å². The predicted molar refractivity (Wildman–Crippen MR) is 95.3 cm³/mol. The molecule has 2 aromatic rings. The fourth-order valence-corrected chi connectivity index (χ4v) is 2.99. The number of carbonyl (C=O) groups excluding carboxylic acids is 1. The zero-order valence-corrected chi connectivity index (χ0v) is 14.8. The second-order valence-electron chi connectivity index (χ2n) is 5.83. The predicted octanol–water partition coefficient (Wildman–Crippen LogP) is 2.42. The minimum Gasteiger partial charge on any atom is -0.395 e. The molecule has 0 saturated carbocycles. The number of nitrogens with one attached hydrogen (secondary N) is 2. The van der Waals surface area contributed by atoms with E-state index in [-0.39, 0.29) is 25.1 Å². The van der Waals surface area contributed by atoms with Gasteiger partial charge in [-0.15, -0.1) is 0 Å². The highest BCUT2D eigenvalue weighted by Gasteiger charge is 2.17. The Morgan fingerprint density at radius 3 is 2.75 bits per heavy atom. The van der Waals surface area contributed by atoms with Crippen molar-refractivity contribution < 1.29 is 9.90 Å². The summed E-state index contributed by atoms with van der Waals surface area (Å²) in [7, 11) is 0. The third-order valence-corrected chi connectivity index (χ3v) is 4.08. The van der Waals surface area contributed by atoms with Crippen LogP contribution in [0, 0.1) is 13.8 Å². The molecule has 3 N–H and O–H groups in total. The van der Waals surface area contributed by atoms with E-state index >= 15 is 0 Å². The summed E-state index contributed by atoms with van der Waals surface area (Å²) in [5.74, 6) is -0.188. The molecule has 1 atom stereocenters. The number of anilines is 1. The van der Waals surface area contributed by atoms with Gasteiger partial charge in [-0.2, -0.15) is 5.10 Å². The van der Waals surface area contributed by atoms with Crippen molar-refractivity contribution in [2.45, 2.75) is 40.3 Å². The quantitative estimate of drug-likeness (QED) is 0.728. The molecule has 0 fully saturated rings. The molecule has 1 heterocycles. The molecule has 1 amide bonds. The first-order valence-electron chi connectivity index (χ1n) is 8.27. The van der Waals surface area contributed by atoms with Crippen molar-refractivity contribution in [2.75, 3.05) is 18.5 Å². The van der Waals surface area contributed by atoms with Crippen LogP contribution in [0.25, 0.3) is 0 Å². The van der Waals surface area contributed by atoms with Crippen LogP contribution < -0.4 is 10.6 Å². The molecule has 1 aromatic heterocycles. The normalized spacial score (nSPS) is 12.0. The second kappa shape index (κ2) is 7.97. The molecular weight excluding hydrogens is 304 g/mol. The van der Waals surface area contributed by atoms with Crippen molar-refractivity contribution in [1.82, 2.24) is 15.1 Å². The Kier molecular flexibility index (Phi) is 5.98. The van der Waals surface area contributed by atoms with E-state index in [0.29, 0.717) is 5.56 Å². The highest BCUT2D eigenvalue weighted by Crippen LogP contribution is 2.25. The molecule has 130 valence electrons. The van der Waals surface area contributed by atoms with Crippen molar-refractivity contribution >= 4 is 11.6 Å². The van der Waals surface area contributed by atoms with Gasteiger partial charge in [-0.1, -0.05) is 6.07 Å². The Balaban J connectivity index is 2.16. The molecule has 1 unspecified atom stereocenters. The number of aliphatic hydroxyl groups excluding tert-OH is 1. The molecule has 0 spiro atoms. The Bertz CT molecular complexity index is 709. The maximum absolute atomic E-state index is 12.0. The summed E-state index contributed by atoms with van der Waals surface area (Å²) < 4.78 is 2.00. The standard InChI is InChI=1S/C18H26N4O2/c1-5-22-14(4)17(13(3)21-22)12(2)20-16-8-6-7-15(11-16)18(24)19-9-10-23/h6-8,11-12,20,23H,5,9-10H2,1-4H3,(H,19,24). The lowest BCUT2D eigenvalue weighted by Gasteiger charge is -2.17. The molecule has 24 heavy (non-hydrogen) atoms. The van der Waals surface area contributed by atoms with Crippen molar-refractivity contribution in [3.63, 3.8) is 0 Å². The highest BCUT2D eigenvalue weighted by atomic mass is 16.3. The molecule has 0 bridgehead atoms. The van der Waals surface area contributed by atoms with Crippen LogP contribution in [0.3, 0.4) is 0 Å². The number of aryl methyl sites for hydroxylation is 2. The number of hydrogen-bond acceptors (Lipinski definition) is 4. The van der Waals surface area contributed by atoms with Gasteiger partial charge in [0.15, 0.2) is 0 Å². The second-order valence-corrected chi connectivity index (χ2v) is 5.83. The minimum atomic E-state index is -0.188. The molecule has 0 aliphatic heterocycles. The van der Waals surface area contributed by atoms with Gasteiger partial charge in [-0.05, 0) is 45.9 Å². The molecule has 0 saturated heterocycles. The first kappa shape index (κ1) is 18.0. The number of benzene rings is 1. The molecular formula is C18H26N4O2. The van der Waals surface area contributed by atoms with E-state index in [2.05, 4.69) is 36.5 Å². The number of hydrogen-bond donors (Lipinski definition) is 3. The number of aromatic nitrogens is 2. The average Bonchev–Trinajstić information content (AvgIpc) is 2.86. The van der Waals surface area contributed by atoms with Gasteiger partial charge in [0.1, 0.15) is 0 Å². The zero-order chi connectivity index (χ0) is 17.7. The van der Waals surface area contributed by atoms with E-state index in [1.54, 1.807) is 6.07 Å². The molecule has 1 aromatic carbocycles. The molecule has 6 nitrogen and oxygen atoms in total. The van der Waals surface area contributed by atoms with Crippen LogP contribution in [0.15, 0.2) is 24.3 Å². The van der Waals surface area contributed by atoms with Gasteiger partial charge in [-0.3, -0.25) is 9.48 Å². The lowest BCUT2D eigenvalue weighted by Crippen LogP contribution is -2.26. The SMILES string of the molecule is CCn1nc(C)c(C(C)Nc2cccc(C(=O)NCCO)c2)c1C. The minimum absolute atomic E-state index is 0.0688. The van der Waals surface area contributed by atoms with Gasteiger partial charge >= 0.3 is 0 Å². The van der Waals surface area contributed by atoms with Gasteiger partial charge in [0.25, 0.3) is 5.91 Å². The molecule has 2 rings (SSSR count). The summed E-state index contributed by atoms with van der Waals surface area (Å²) in [5.41, 5.74) is 4.81. The largest absolute Gasteiger partial charge is 0.395 e. The van der Waals surface area contributed by atoms with Gasteiger partial charge in [0, 0.05) is 35.6 Å². The van der Waals surface area contributed by atoms with E-state index in [1.807, 2.05) is 29.8 Å². The van der Waals surface area contributed by atoms with E-state index in [4.69, 9.17) is 5.11 Å². The molecule has 6 heteroatoms. The number of carbonyl (C=O) groups is 1. The lowest BCUT2D eigenvalue weighted by atomic mass is 10.1. The van der Waals surface area contributed by atoms with Crippen LogP contribution in [0.1, 0.15) is 47.2 Å². The third kappa shape index (κ3) is 3.94. The van der Waals surface area contributed by atoms with Crippen molar-refractivity contribution in [3.8, 4) is 0 Å². The third-order valence-electron chi connectivity index (χ3n) is 4.08. The molecule has 0 aliphatic carbocycles. The van der Waals surface area contributed by atoms with Crippen LogP contribution in [0.2, 0.25) is 0 Å². The van der Waals surface area contributed by atoms with Gasteiger partial charge in [0.05, 0.1) is 18.3 Å². The fraction of sp³-hybridized carbons (Fsp3) is 0.444. The Labute approximate surface area is 142 Å². The van der Waals surface area contributed by atoms with Gasteiger partial charge in [0.2, 0.25) is 0 Å². The van der Waals surface area contributed by atoms with E-state index < -0.39 is 0 Å². The van der Waals surface area contributed by atoms with Gasteiger partial charge < -0.3 is 15.7 Å². The maximum Gasteiger partial charge on any atom is 0.251 e. The highest BCUT2D eigenvalue weighted by molar-refractivity contribution is 5.95. The first-order valence-corrected chi connectivity index (χ1v) is 8.27. The summed E-state index contributed by atoms with van der Waals surface area (Å²) in [4.78, 5) is 12.0. The van der Waals surface area contributed by atoms with Crippen LogP contribution in [-0.2, 0) is 6.54 Å². The van der Waals surface area contributed by atoms with Crippen molar-refractivity contribution in [2.24, 2.45) is 0 Å². The zero-order valence-electron chi connectivity index (χ0n) is 14.8. The maximum atomic E-state index is 12.0. The van der Waals surface area contributed by atoms with Crippen LogP contribution >= 0.6 is 0 Å². The van der Waals surface area contributed by atoms with Crippen molar-refractivity contribution in [3.05, 3.63) is 46.8 Å². The topological polar surface area (TPSA) is 79.2 Å². The Morgan fingerprint density at radius 2 is 2.12 bits per heavy atom. The van der Waals surface area contributed by atoms with Crippen LogP contribution in [0.5, 0.6) is 0 Å². The fourth-order valence-electron chi connectivity index (χ4n) is 2.99. The summed E-state index contributed by atoms with van der Waals surface area (Å²) >= 11 is 0. The van der Waals surface area contributed by atoms with Crippen molar-refractivity contribution in [1.29, 1.82) is 0 Å².